The van der Waals surface area contributed by atoms with E-state index >= 15 is 0 Å². The lowest BCUT2D eigenvalue weighted by Gasteiger charge is -2.43. The molecule has 0 aromatic rings. The fourth-order valence-electron chi connectivity index (χ4n) is 4.03. The van der Waals surface area contributed by atoms with Crippen molar-refractivity contribution in [2.24, 2.45) is 17.3 Å². The van der Waals surface area contributed by atoms with Gasteiger partial charge in [0.05, 0.1) is 18.5 Å². The third-order valence-corrected chi connectivity index (χ3v) is 4.89. The van der Waals surface area contributed by atoms with Gasteiger partial charge in [-0.2, -0.15) is 0 Å². The van der Waals surface area contributed by atoms with Crippen LogP contribution in [-0.2, 0) is 4.74 Å². The highest BCUT2D eigenvalue weighted by Gasteiger charge is 2.46. The summed E-state index contributed by atoms with van der Waals surface area (Å²) in [4.78, 5) is 0. The molecule has 3 unspecified atom stereocenters. The number of hydrogen-bond acceptors (Lipinski definition) is 2. The molecule has 1 N–H and O–H groups in total. The first-order valence-electron chi connectivity index (χ1n) is 6.64. The van der Waals surface area contributed by atoms with E-state index in [1.165, 1.54) is 5.76 Å². The first-order chi connectivity index (χ1) is 7.59. The van der Waals surface area contributed by atoms with Gasteiger partial charge in [0, 0.05) is 6.42 Å². The summed E-state index contributed by atoms with van der Waals surface area (Å²) in [6, 6.07) is 0. The van der Waals surface area contributed by atoms with Gasteiger partial charge >= 0.3 is 0 Å². The Morgan fingerprint density at radius 3 is 2.88 bits per heavy atom. The van der Waals surface area contributed by atoms with Gasteiger partial charge in [-0.1, -0.05) is 13.8 Å². The molecule has 3 rings (SSSR count). The Bertz CT molecular complexity index is 330. The largest absolute Gasteiger partial charge is 0.498 e. The molecule has 0 aromatic heterocycles. The van der Waals surface area contributed by atoms with Gasteiger partial charge in [0.15, 0.2) is 0 Å². The summed E-state index contributed by atoms with van der Waals surface area (Å²) in [5.74, 6) is 2.39. The summed E-state index contributed by atoms with van der Waals surface area (Å²) < 4.78 is 5.86. The molecule has 2 aliphatic carbocycles. The molecule has 1 fully saturated rings. The lowest BCUT2D eigenvalue weighted by atomic mass is 9.66. The van der Waals surface area contributed by atoms with Gasteiger partial charge < -0.3 is 9.84 Å². The Labute approximate surface area is 97.7 Å². The minimum Gasteiger partial charge on any atom is -0.498 e. The molecule has 0 bridgehead atoms. The Hall–Kier alpha value is -0.500. The zero-order valence-electron chi connectivity index (χ0n) is 10.3. The highest BCUT2D eigenvalue weighted by atomic mass is 16.5. The second kappa shape index (κ2) is 3.49. The second-order valence-corrected chi connectivity index (χ2v) is 6.27. The van der Waals surface area contributed by atoms with Crippen LogP contribution in [0.25, 0.3) is 0 Å². The van der Waals surface area contributed by atoms with Gasteiger partial charge in [0.25, 0.3) is 0 Å². The van der Waals surface area contributed by atoms with E-state index in [0.29, 0.717) is 17.3 Å². The van der Waals surface area contributed by atoms with Crippen LogP contribution in [-0.4, -0.2) is 17.8 Å². The topological polar surface area (TPSA) is 29.5 Å². The fraction of sp³-hybridized carbons (Fsp3) is 0.857. The van der Waals surface area contributed by atoms with Gasteiger partial charge in [-0.3, -0.25) is 0 Å². The molecule has 1 saturated carbocycles. The lowest BCUT2D eigenvalue weighted by Crippen LogP contribution is -2.35. The minimum absolute atomic E-state index is 0.0585. The van der Waals surface area contributed by atoms with Crippen LogP contribution in [0.4, 0.5) is 0 Å². The first kappa shape index (κ1) is 10.6. The summed E-state index contributed by atoms with van der Waals surface area (Å²) in [6.45, 7) is 5.57. The lowest BCUT2D eigenvalue weighted by molar-refractivity contribution is 0.0658. The third-order valence-electron chi connectivity index (χ3n) is 4.89. The van der Waals surface area contributed by atoms with Crippen molar-refractivity contribution in [3.63, 3.8) is 0 Å². The monoisotopic (exact) mass is 222 g/mol. The number of aliphatic hydroxyl groups excluding tert-OH is 1. The number of hydrogen-bond donors (Lipinski definition) is 1. The van der Waals surface area contributed by atoms with E-state index in [1.54, 1.807) is 5.57 Å². The van der Waals surface area contributed by atoms with Crippen molar-refractivity contribution in [2.45, 2.75) is 52.1 Å². The maximum atomic E-state index is 10.0. The van der Waals surface area contributed by atoms with Crippen molar-refractivity contribution in [3.05, 3.63) is 11.3 Å². The highest BCUT2D eigenvalue weighted by molar-refractivity contribution is 5.27. The van der Waals surface area contributed by atoms with Crippen LogP contribution < -0.4 is 0 Å². The average Bonchev–Trinajstić information content (AvgIpc) is 2.59. The maximum absolute atomic E-state index is 10.0. The number of rotatable bonds is 0. The van der Waals surface area contributed by atoms with Gasteiger partial charge in [-0.25, -0.2) is 0 Å². The molecule has 3 aliphatic rings. The van der Waals surface area contributed by atoms with Crippen LogP contribution in [0.2, 0.25) is 0 Å². The number of fused-ring (bicyclic) bond motifs is 2. The first-order valence-corrected chi connectivity index (χ1v) is 6.64. The molecular formula is C14H22O2. The van der Waals surface area contributed by atoms with E-state index in [2.05, 4.69) is 13.8 Å². The van der Waals surface area contributed by atoms with Crippen molar-refractivity contribution >= 4 is 0 Å². The van der Waals surface area contributed by atoms with Crippen molar-refractivity contribution in [1.82, 2.24) is 0 Å². The fourth-order valence-corrected chi connectivity index (χ4v) is 4.03. The van der Waals surface area contributed by atoms with Gasteiger partial charge in [0.2, 0.25) is 0 Å². The van der Waals surface area contributed by atoms with Crippen LogP contribution in [0.1, 0.15) is 46.0 Å². The summed E-state index contributed by atoms with van der Waals surface area (Å²) in [5, 5.41) is 10.0. The Kier molecular flexibility index (Phi) is 2.32. The van der Waals surface area contributed by atoms with E-state index in [9.17, 15) is 5.11 Å². The maximum Gasteiger partial charge on any atom is 0.0960 e. The number of allylic oxidation sites excluding steroid dienone is 2. The van der Waals surface area contributed by atoms with Gasteiger partial charge in [0.1, 0.15) is 0 Å². The number of ether oxygens (including phenoxy) is 1. The number of aliphatic hydroxyl groups is 1. The van der Waals surface area contributed by atoms with E-state index < -0.39 is 0 Å². The Morgan fingerprint density at radius 1 is 1.25 bits per heavy atom. The molecule has 16 heavy (non-hydrogen) atoms. The minimum atomic E-state index is -0.0585. The predicted molar refractivity (Wildman–Crippen MR) is 62.8 cm³/mol. The van der Waals surface area contributed by atoms with E-state index in [0.717, 1.165) is 38.7 Å². The molecule has 0 radical (unpaired) electrons. The molecule has 0 aromatic carbocycles. The molecule has 0 spiro atoms. The summed E-state index contributed by atoms with van der Waals surface area (Å²) in [7, 11) is 0. The molecule has 1 aliphatic heterocycles. The second-order valence-electron chi connectivity index (χ2n) is 6.27. The summed E-state index contributed by atoms with van der Waals surface area (Å²) in [6.07, 6.45) is 5.40. The standard InChI is InChI=1S/C14H22O2/c1-14(2)7-8-16-12-6-4-9-10(13(12)14)3-5-11(9)15/h9-11,15H,3-8H2,1-2H3. The summed E-state index contributed by atoms with van der Waals surface area (Å²) in [5.41, 5.74) is 1.84. The van der Waals surface area contributed by atoms with Crippen LogP contribution in [0.15, 0.2) is 11.3 Å². The highest BCUT2D eigenvalue weighted by Crippen LogP contribution is 2.53. The van der Waals surface area contributed by atoms with Crippen LogP contribution >= 0.6 is 0 Å². The molecule has 1 heterocycles. The molecule has 3 atom stereocenters. The quantitative estimate of drug-likeness (QED) is 0.683. The third kappa shape index (κ3) is 1.42. The van der Waals surface area contributed by atoms with Crippen molar-refractivity contribution in [3.8, 4) is 0 Å². The molecule has 90 valence electrons. The van der Waals surface area contributed by atoms with Crippen LogP contribution in [0.5, 0.6) is 0 Å². The zero-order valence-corrected chi connectivity index (χ0v) is 10.3. The van der Waals surface area contributed by atoms with Crippen molar-refractivity contribution in [1.29, 1.82) is 0 Å². The van der Waals surface area contributed by atoms with Gasteiger partial charge in [-0.15, -0.1) is 0 Å². The smallest absolute Gasteiger partial charge is 0.0960 e. The molecular weight excluding hydrogens is 200 g/mol. The van der Waals surface area contributed by atoms with Crippen LogP contribution in [0.3, 0.4) is 0 Å². The summed E-state index contributed by atoms with van der Waals surface area (Å²) >= 11 is 0. The Morgan fingerprint density at radius 2 is 2.06 bits per heavy atom. The van der Waals surface area contributed by atoms with Gasteiger partial charge in [-0.05, 0) is 48.5 Å². The van der Waals surface area contributed by atoms with Crippen LogP contribution in [0, 0.1) is 17.3 Å². The normalized spacial score (nSPS) is 41.3. The van der Waals surface area contributed by atoms with Crippen molar-refractivity contribution in [2.75, 3.05) is 6.61 Å². The van der Waals surface area contributed by atoms with Crippen molar-refractivity contribution < 1.29 is 9.84 Å². The van der Waals surface area contributed by atoms with E-state index in [-0.39, 0.29) is 6.10 Å². The predicted octanol–water partition coefficient (Wildman–Crippen LogP) is 2.87. The molecule has 0 saturated heterocycles. The molecule has 0 amide bonds. The Balaban J connectivity index is 2.00. The molecule has 2 nitrogen and oxygen atoms in total. The SMILES string of the molecule is CC1(C)CCOC2=C1C1CCC(O)C1CC2. The molecule has 2 heteroatoms. The average molecular weight is 222 g/mol. The van der Waals surface area contributed by atoms with E-state index in [1.807, 2.05) is 0 Å². The zero-order chi connectivity index (χ0) is 11.3. The van der Waals surface area contributed by atoms with E-state index in [4.69, 9.17) is 4.74 Å².